The molecule has 0 atom stereocenters. The van der Waals surface area contributed by atoms with E-state index in [0.717, 1.165) is 0 Å². The van der Waals surface area contributed by atoms with Gasteiger partial charge in [-0.3, -0.25) is 4.79 Å². The highest BCUT2D eigenvalue weighted by molar-refractivity contribution is 6.08. The van der Waals surface area contributed by atoms with Gasteiger partial charge in [-0.15, -0.1) is 0 Å². The molecule has 3 rings (SSSR count). The first-order valence-electron chi connectivity index (χ1n) is 8.28. The summed E-state index contributed by atoms with van der Waals surface area (Å²) in [6.45, 7) is -0.0712. The monoisotopic (exact) mass is 398 g/mol. The van der Waals surface area contributed by atoms with Crippen LogP contribution in [0.2, 0.25) is 0 Å². The molecule has 1 heterocycles. The lowest BCUT2D eigenvalue weighted by Gasteiger charge is -2.16. The molecule has 0 fully saturated rings. The Bertz CT molecular complexity index is 1170. The molecule has 2 aromatic carbocycles. The molecule has 0 unspecified atom stereocenters. The van der Waals surface area contributed by atoms with Crippen molar-refractivity contribution in [2.75, 3.05) is 5.73 Å². The number of halogens is 1. The van der Waals surface area contributed by atoms with Crippen LogP contribution in [-0.2, 0) is 6.61 Å². The standard InChI is InChI=1S/C20H15FN2O6/c21-11-5-3-4-10(8-11)9-29-13-7-2-1-6-12(13)14-15(19(25)26)17(22)23-18(24)16(14)20(27)28/h1-8H,9H2,(H,25,26)(H,27,28)(H3,22,23,24). The van der Waals surface area contributed by atoms with Crippen molar-refractivity contribution >= 4 is 17.8 Å². The van der Waals surface area contributed by atoms with Crippen LogP contribution in [-0.4, -0.2) is 27.1 Å². The number of carboxylic acids is 2. The smallest absolute Gasteiger partial charge is 0.342 e. The molecule has 29 heavy (non-hydrogen) atoms. The van der Waals surface area contributed by atoms with Crippen LogP contribution in [0.5, 0.6) is 5.75 Å². The lowest BCUT2D eigenvalue weighted by molar-refractivity contribution is 0.0695. The van der Waals surface area contributed by atoms with Crippen molar-refractivity contribution in [2.24, 2.45) is 0 Å². The van der Waals surface area contributed by atoms with Crippen LogP contribution >= 0.6 is 0 Å². The fourth-order valence-corrected chi connectivity index (χ4v) is 2.90. The van der Waals surface area contributed by atoms with Crippen molar-refractivity contribution in [2.45, 2.75) is 6.61 Å². The predicted octanol–water partition coefficient (Wildman–Crippen LogP) is 2.74. The maximum atomic E-state index is 13.4. The first-order chi connectivity index (χ1) is 13.8. The number of anilines is 1. The molecule has 8 nitrogen and oxygen atoms in total. The summed E-state index contributed by atoms with van der Waals surface area (Å²) >= 11 is 0. The van der Waals surface area contributed by atoms with Crippen LogP contribution in [0.25, 0.3) is 11.1 Å². The number of aromatic nitrogens is 1. The molecule has 0 amide bonds. The molecular formula is C20H15FN2O6. The van der Waals surface area contributed by atoms with Gasteiger partial charge in [0.2, 0.25) is 0 Å². The van der Waals surface area contributed by atoms with Gasteiger partial charge >= 0.3 is 11.9 Å². The molecule has 0 aliphatic heterocycles. The number of hydrogen-bond acceptors (Lipinski definition) is 5. The third-order valence-electron chi connectivity index (χ3n) is 4.11. The summed E-state index contributed by atoms with van der Waals surface area (Å²) in [5.41, 5.74) is 3.44. The highest BCUT2D eigenvalue weighted by atomic mass is 19.1. The Morgan fingerprint density at radius 2 is 1.72 bits per heavy atom. The van der Waals surface area contributed by atoms with Crippen molar-refractivity contribution in [3.8, 4) is 16.9 Å². The van der Waals surface area contributed by atoms with E-state index in [9.17, 15) is 29.0 Å². The zero-order valence-corrected chi connectivity index (χ0v) is 14.8. The summed E-state index contributed by atoms with van der Waals surface area (Å²) < 4.78 is 19.0. The number of pyridine rings is 1. The largest absolute Gasteiger partial charge is 0.488 e. The summed E-state index contributed by atoms with van der Waals surface area (Å²) in [4.78, 5) is 37.7. The molecule has 9 heteroatoms. The number of nitrogens with one attached hydrogen (secondary N) is 1. The summed E-state index contributed by atoms with van der Waals surface area (Å²) in [6.07, 6.45) is 0. The Balaban J connectivity index is 2.18. The van der Waals surface area contributed by atoms with E-state index in [0.29, 0.717) is 5.56 Å². The Morgan fingerprint density at radius 3 is 2.38 bits per heavy atom. The maximum absolute atomic E-state index is 13.4. The van der Waals surface area contributed by atoms with Gasteiger partial charge in [0.1, 0.15) is 35.1 Å². The number of para-hydroxylation sites is 1. The molecule has 0 spiro atoms. The van der Waals surface area contributed by atoms with Crippen molar-refractivity contribution in [3.63, 3.8) is 0 Å². The molecule has 5 N–H and O–H groups in total. The quantitative estimate of drug-likeness (QED) is 0.500. The predicted molar refractivity (Wildman–Crippen MR) is 102 cm³/mol. The minimum atomic E-state index is -1.62. The third kappa shape index (κ3) is 3.93. The Morgan fingerprint density at radius 1 is 1.03 bits per heavy atom. The van der Waals surface area contributed by atoms with Gasteiger partial charge in [-0.05, 0) is 23.8 Å². The molecule has 0 saturated carbocycles. The molecule has 148 valence electrons. The van der Waals surface area contributed by atoms with Gasteiger partial charge < -0.3 is 25.7 Å². The van der Waals surface area contributed by atoms with Crippen molar-refractivity contribution in [1.82, 2.24) is 4.98 Å². The van der Waals surface area contributed by atoms with Crippen molar-refractivity contribution in [1.29, 1.82) is 0 Å². The zero-order chi connectivity index (χ0) is 21.1. The number of nitrogens with two attached hydrogens (primary N) is 1. The molecule has 0 radical (unpaired) electrons. The second-order valence-electron chi connectivity index (χ2n) is 6.02. The highest BCUT2D eigenvalue weighted by Crippen LogP contribution is 2.36. The Kier molecular flexibility index (Phi) is 5.31. The van der Waals surface area contributed by atoms with Gasteiger partial charge in [0.05, 0.1) is 0 Å². The number of nitrogen functional groups attached to an aromatic ring is 1. The van der Waals surface area contributed by atoms with E-state index >= 15 is 0 Å². The number of aromatic amines is 1. The Labute approximate surface area is 163 Å². The number of aromatic carboxylic acids is 2. The zero-order valence-electron chi connectivity index (χ0n) is 14.8. The number of H-pyrrole nitrogens is 1. The summed E-state index contributed by atoms with van der Waals surface area (Å²) in [5, 5.41) is 19.1. The van der Waals surface area contributed by atoms with Gasteiger partial charge in [0.25, 0.3) is 5.56 Å². The fourth-order valence-electron chi connectivity index (χ4n) is 2.90. The van der Waals surface area contributed by atoms with Gasteiger partial charge in [-0.1, -0.05) is 30.3 Å². The minimum absolute atomic E-state index is 0.0523. The first-order valence-corrected chi connectivity index (χ1v) is 8.28. The number of ether oxygens (including phenoxy) is 1. The van der Waals surface area contributed by atoms with Gasteiger partial charge in [0.15, 0.2) is 0 Å². The van der Waals surface area contributed by atoms with Gasteiger partial charge in [-0.25, -0.2) is 14.0 Å². The van der Waals surface area contributed by atoms with E-state index < -0.39 is 40.3 Å². The Hall–Kier alpha value is -4.14. The molecule has 0 saturated heterocycles. The van der Waals surface area contributed by atoms with Crippen LogP contribution in [0.4, 0.5) is 10.2 Å². The van der Waals surface area contributed by atoms with Crippen LogP contribution in [0.1, 0.15) is 26.3 Å². The van der Waals surface area contributed by atoms with E-state index in [-0.39, 0.29) is 23.5 Å². The fraction of sp³-hybridized carbons (Fsp3) is 0.0500. The number of carboxylic acid groups (broad SMARTS) is 2. The molecule has 0 aliphatic rings. The number of carbonyl (C=O) groups is 2. The van der Waals surface area contributed by atoms with Crippen molar-refractivity contribution in [3.05, 3.63) is 81.4 Å². The van der Waals surface area contributed by atoms with E-state index in [4.69, 9.17) is 10.5 Å². The molecule has 1 aromatic heterocycles. The lowest BCUT2D eigenvalue weighted by Crippen LogP contribution is -2.24. The topological polar surface area (TPSA) is 143 Å². The van der Waals surface area contributed by atoms with Gasteiger partial charge in [-0.2, -0.15) is 0 Å². The molecule has 3 aromatic rings. The van der Waals surface area contributed by atoms with Crippen LogP contribution in [0.3, 0.4) is 0 Å². The molecule has 0 aliphatic carbocycles. The minimum Gasteiger partial charge on any atom is -0.488 e. The second kappa shape index (κ2) is 7.85. The van der Waals surface area contributed by atoms with E-state index in [1.54, 1.807) is 12.1 Å². The lowest BCUT2D eigenvalue weighted by atomic mass is 9.94. The van der Waals surface area contributed by atoms with E-state index in [1.165, 1.54) is 36.4 Å². The van der Waals surface area contributed by atoms with Crippen LogP contribution < -0.4 is 16.0 Å². The van der Waals surface area contributed by atoms with E-state index in [1.807, 2.05) is 4.98 Å². The molecule has 0 bridgehead atoms. The first kappa shape index (κ1) is 19.6. The van der Waals surface area contributed by atoms with Crippen LogP contribution in [0, 0.1) is 5.82 Å². The molecular weight excluding hydrogens is 383 g/mol. The van der Waals surface area contributed by atoms with Gasteiger partial charge in [0, 0.05) is 11.1 Å². The SMILES string of the molecule is Nc1[nH]c(=O)c(C(=O)O)c(-c2ccccc2OCc2cccc(F)c2)c1C(=O)O. The summed E-state index contributed by atoms with van der Waals surface area (Å²) in [5.74, 6) is -3.97. The second-order valence-corrected chi connectivity index (χ2v) is 6.02. The summed E-state index contributed by atoms with van der Waals surface area (Å²) in [7, 11) is 0. The maximum Gasteiger partial charge on any atom is 0.342 e. The van der Waals surface area contributed by atoms with E-state index in [2.05, 4.69) is 0 Å². The average Bonchev–Trinajstić information content (AvgIpc) is 2.65. The van der Waals surface area contributed by atoms with Crippen LogP contribution in [0.15, 0.2) is 53.3 Å². The average molecular weight is 398 g/mol. The number of rotatable bonds is 6. The number of hydrogen-bond donors (Lipinski definition) is 4. The van der Waals surface area contributed by atoms with Crippen molar-refractivity contribution < 1.29 is 28.9 Å². The normalized spacial score (nSPS) is 10.5. The number of benzene rings is 2. The summed E-state index contributed by atoms with van der Waals surface area (Å²) in [6, 6.07) is 11.7. The highest BCUT2D eigenvalue weighted by Gasteiger charge is 2.28. The third-order valence-corrected chi connectivity index (χ3v) is 4.11.